The number of hydrogen-bond donors (Lipinski definition) is 3. The van der Waals surface area contributed by atoms with Gasteiger partial charge < -0.3 is 11.1 Å². The molecule has 0 saturated carbocycles. The van der Waals surface area contributed by atoms with Crippen LogP contribution in [-0.2, 0) is 0 Å². The highest BCUT2D eigenvalue weighted by molar-refractivity contribution is 5.82. The largest absolute Gasteiger partial charge is 0.399 e. The van der Waals surface area contributed by atoms with E-state index >= 15 is 0 Å². The molecule has 0 amide bonds. The van der Waals surface area contributed by atoms with Crippen LogP contribution in [0.3, 0.4) is 0 Å². The summed E-state index contributed by atoms with van der Waals surface area (Å²) < 4.78 is 13.5. The van der Waals surface area contributed by atoms with E-state index in [1.54, 1.807) is 37.3 Å². The first-order valence-electron chi connectivity index (χ1n) is 6.36. The average Bonchev–Trinajstić information content (AvgIpc) is 2.45. The van der Waals surface area contributed by atoms with Crippen molar-refractivity contribution in [2.24, 2.45) is 0 Å². The maximum Gasteiger partial charge on any atom is 0.260 e. The van der Waals surface area contributed by atoms with Gasteiger partial charge >= 0.3 is 0 Å². The second kappa shape index (κ2) is 4.90. The van der Waals surface area contributed by atoms with Crippen LogP contribution in [0.15, 0.2) is 41.2 Å². The second-order valence-electron chi connectivity index (χ2n) is 4.73. The van der Waals surface area contributed by atoms with E-state index in [0.29, 0.717) is 27.8 Å². The molecule has 0 fully saturated rings. The Kier molecular flexibility index (Phi) is 3.06. The van der Waals surface area contributed by atoms with Gasteiger partial charge in [0, 0.05) is 16.9 Å². The van der Waals surface area contributed by atoms with E-state index in [2.05, 4.69) is 15.3 Å². The fourth-order valence-electron chi connectivity index (χ4n) is 2.09. The van der Waals surface area contributed by atoms with E-state index in [-0.39, 0.29) is 17.3 Å². The van der Waals surface area contributed by atoms with Crippen molar-refractivity contribution in [1.29, 1.82) is 0 Å². The molecule has 0 spiro atoms. The van der Waals surface area contributed by atoms with E-state index in [4.69, 9.17) is 5.73 Å². The van der Waals surface area contributed by atoms with Crippen molar-refractivity contribution >= 4 is 28.2 Å². The van der Waals surface area contributed by atoms with Crippen molar-refractivity contribution in [2.45, 2.75) is 6.92 Å². The topological polar surface area (TPSA) is 83.8 Å². The van der Waals surface area contributed by atoms with Crippen LogP contribution in [0, 0.1) is 12.7 Å². The fraction of sp³-hybridized carbons (Fsp3) is 0.0667. The molecule has 0 radical (unpaired) electrons. The summed E-state index contributed by atoms with van der Waals surface area (Å²) in [6.45, 7) is 1.65. The van der Waals surface area contributed by atoms with E-state index in [9.17, 15) is 9.18 Å². The van der Waals surface area contributed by atoms with Crippen LogP contribution in [0.5, 0.6) is 0 Å². The van der Waals surface area contributed by atoms with Crippen LogP contribution in [0.1, 0.15) is 5.56 Å². The lowest BCUT2D eigenvalue weighted by Gasteiger charge is -2.09. The van der Waals surface area contributed by atoms with Crippen LogP contribution >= 0.6 is 0 Å². The third-order valence-electron chi connectivity index (χ3n) is 3.25. The number of nitrogens with one attached hydrogen (secondary N) is 2. The minimum atomic E-state index is -0.323. The molecule has 0 bridgehead atoms. The van der Waals surface area contributed by atoms with Crippen molar-refractivity contribution in [3.8, 4) is 0 Å². The number of anilines is 3. The van der Waals surface area contributed by atoms with Gasteiger partial charge in [-0.1, -0.05) is 6.07 Å². The smallest absolute Gasteiger partial charge is 0.260 e. The van der Waals surface area contributed by atoms with Gasteiger partial charge in [-0.15, -0.1) is 0 Å². The monoisotopic (exact) mass is 284 g/mol. The predicted molar refractivity (Wildman–Crippen MR) is 81.2 cm³/mol. The Bertz CT molecular complexity index is 888. The van der Waals surface area contributed by atoms with E-state index < -0.39 is 0 Å². The third kappa shape index (κ3) is 2.43. The van der Waals surface area contributed by atoms with Crippen molar-refractivity contribution < 1.29 is 4.39 Å². The standard InChI is InChI=1S/C15H13FN4O/c1-8-11(16)3-2-4-12(8)18-15-19-13-6-5-9(17)7-10(13)14(21)20-15/h2-7H,17H2,1H3,(H2,18,19,20,21). The highest BCUT2D eigenvalue weighted by atomic mass is 19.1. The van der Waals surface area contributed by atoms with Gasteiger partial charge in [0.1, 0.15) is 5.82 Å². The van der Waals surface area contributed by atoms with Crippen molar-refractivity contribution in [2.75, 3.05) is 11.1 Å². The molecule has 0 aliphatic carbocycles. The minimum Gasteiger partial charge on any atom is -0.399 e. The highest BCUT2D eigenvalue weighted by Crippen LogP contribution is 2.21. The van der Waals surface area contributed by atoms with Gasteiger partial charge in [0.2, 0.25) is 5.95 Å². The molecule has 5 nitrogen and oxygen atoms in total. The molecule has 1 aromatic heterocycles. The molecule has 3 aromatic rings. The Balaban J connectivity index is 2.08. The number of benzene rings is 2. The van der Waals surface area contributed by atoms with Gasteiger partial charge in [0.05, 0.1) is 10.9 Å². The van der Waals surface area contributed by atoms with Gasteiger partial charge in [0.25, 0.3) is 5.56 Å². The first-order chi connectivity index (χ1) is 10.0. The predicted octanol–water partition coefficient (Wildman–Crippen LogP) is 2.70. The lowest BCUT2D eigenvalue weighted by Crippen LogP contribution is -2.12. The van der Waals surface area contributed by atoms with E-state index in [1.807, 2.05) is 0 Å². The van der Waals surface area contributed by atoms with Crippen LogP contribution in [-0.4, -0.2) is 9.97 Å². The van der Waals surface area contributed by atoms with Gasteiger partial charge in [-0.05, 0) is 37.3 Å². The number of aromatic amines is 1. The highest BCUT2D eigenvalue weighted by Gasteiger charge is 2.07. The number of nitrogen functional groups attached to an aromatic ring is 1. The summed E-state index contributed by atoms with van der Waals surface area (Å²) >= 11 is 0. The first-order valence-corrected chi connectivity index (χ1v) is 6.36. The number of fused-ring (bicyclic) bond motifs is 1. The molecular formula is C15H13FN4O. The van der Waals surface area contributed by atoms with Crippen LogP contribution in [0.25, 0.3) is 10.9 Å². The zero-order chi connectivity index (χ0) is 15.0. The number of nitrogens with zero attached hydrogens (tertiary/aromatic N) is 1. The number of aromatic nitrogens is 2. The molecular weight excluding hydrogens is 271 g/mol. The molecule has 3 rings (SSSR count). The Morgan fingerprint density at radius 1 is 1.29 bits per heavy atom. The fourth-order valence-corrected chi connectivity index (χ4v) is 2.09. The lowest BCUT2D eigenvalue weighted by molar-refractivity contribution is 0.619. The molecule has 2 aromatic carbocycles. The molecule has 0 saturated heterocycles. The SMILES string of the molecule is Cc1c(F)cccc1Nc1nc2ccc(N)cc2c(=O)[nH]1. The summed E-state index contributed by atoms with van der Waals surface area (Å²) in [5.74, 6) is -0.0677. The Morgan fingerprint density at radius 3 is 2.90 bits per heavy atom. The third-order valence-corrected chi connectivity index (χ3v) is 3.25. The van der Waals surface area contributed by atoms with Gasteiger partial charge in [0.15, 0.2) is 0 Å². The Labute approximate surface area is 119 Å². The summed E-state index contributed by atoms with van der Waals surface area (Å²) in [5, 5.41) is 3.34. The zero-order valence-corrected chi connectivity index (χ0v) is 11.3. The molecule has 0 aliphatic rings. The number of H-pyrrole nitrogens is 1. The Hall–Kier alpha value is -2.89. The first kappa shape index (κ1) is 13.1. The molecule has 0 unspecified atom stereocenters. The number of hydrogen-bond acceptors (Lipinski definition) is 4. The molecule has 0 aliphatic heterocycles. The van der Waals surface area contributed by atoms with Crippen molar-refractivity contribution in [1.82, 2.24) is 9.97 Å². The van der Waals surface area contributed by atoms with Crippen molar-refractivity contribution in [3.63, 3.8) is 0 Å². The average molecular weight is 284 g/mol. The number of halogens is 1. The minimum absolute atomic E-state index is 0.256. The number of rotatable bonds is 2. The molecule has 4 N–H and O–H groups in total. The maximum absolute atomic E-state index is 13.5. The molecule has 21 heavy (non-hydrogen) atoms. The van der Waals surface area contributed by atoms with Crippen LogP contribution in [0.4, 0.5) is 21.7 Å². The molecule has 1 heterocycles. The summed E-state index contributed by atoms with van der Waals surface area (Å²) in [4.78, 5) is 18.9. The van der Waals surface area contributed by atoms with Gasteiger partial charge in [-0.3, -0.25) is 9.78 Å². The van der Waals surface area contributed by atoms with Crippen LogP contribution < -0.4 is 16.6 Å². The van der Waals surface area contributed by atoms with Crippen LogP contribution in [0.2, 0.25) is 0 Å². The summed E-state index contributed by atoms with van der Waals surface area (Å²) in [5.41, 5.74) is 7.37. The summed E-state index contributed by atoms with van der Waals surface area (Å²) in [6, 6.07) is 9.59. The van der Waals surface area contributed by atoms with E-state index in [1.165, 1.54) is 6.07 Å². The molecule has 6 heteroatoms. The maximum atomic E-state index is 13.5. The normalized spacial score (nSPS) is 10.8. The van der Waals surface area contributed by atoms with E-state index in [0.717, 1.165) is 0 Å². The summed E-state index contributed by atoms with van der Waals surface area (Å²) in [7, 11) is 0. The second-order valence-corrected chi connectivity index (χ2v) is 4.73. The quantitative estimate of drug-likeness (QED) is 0.632. The molecule has 0 atom stereocenters. The van der Waals surface area contributed by atoms with Gasteiger partial charge in [-0.2, -0.15) is 0 Å². The summed E-state index contributed by atoms with van der Waals surface area (Å²) in [6.07, 6.45) is 0. The van der Waals surface area contributed by atoms with Crippen molar-refractivity contribution in [3.05, 3.63) is 58.1 Å². The number of nitrogens with two attached hydrogens (primary N) is 1. The molecule has 106 valence electrons. The van der Waals surface area contributed by atoms with Gasteiger partial charge in [-0.25, -0.2) is 9.37 Å². The Morgan fingerprint density at radius 2 is 2.10 bits per heavy atom. The zero-order valence-electron chi connectivity index (χ0n) is 11.3. The lowest BCUT2D eigenvalue weighted by atomic mass is 10.2.